The molecule has 0 aromatic heterocycles. The quantitative estimate of drug-likeness (QED) is 0.421. The highest BCUT2D eigenvalue weighted by Gasteiger charge is 2.11. The Bertz CT molecular complexity index is 707. The molecule has 0 aliphatic heterocycles. The summed E-state index contributed by atoms with van der Waals surface area (Å²) in [5, 5.41) is 15.3. The van der Waals surface area contributed by atoms with Crippen molar-refractivity contribution in [2.75, 3.05) is 5.32 Å². The number of hydrogen-bond acceptors (Lipinski definition) is 3. The Morgan fingerprint density at radius 3 is 2.29 bits per heavy atom. The number of hydrogen-bond donors (Lipinski definition) is 1. The lowest BCUT2D eigenvalue weighted by Crippen LogP contribution is -2.02. The van der Waals surface area contributed by atoms with Crippen molar-refractivity contribution in [3.8, 4) is 0 Å². The van der Waals surface area contributed by atoms with Gasteiger partial charge in [0.15, 0.2) is 0 Å². The Kier molecular flexibility index (Phi) is 5.17. The summed E-state index contributed by atoms with van der Waals surface area (Å²) in [6.07, 6.45) is 0. The largest absolute Gasteiger partial charge is 0.380 e. The zero-order chi connectivity index (χ0) is 15.6. The van der Waals surface area contributed by atoms with Crippen LogP contribution in [-0.2, 0) is 6.54 Å². The third-order valence-electron chi connectivity index (χ3n) is 2.72. The van der Waals surface area contributed by atoms with Crippen LogP contribution < -0.4 is 5.32 Å². The molecule has 1 N–H and O–H groups in total. The fourth-order valence-corrected chi connectivity index (χ4v) is 2.46. The predicted molar refractivity (Wildman–Crippen MR) is 86.9 cm³/mol. The van der Waals surface area contributed by atoms with E-state index in [2.05, 4.69) is 5.32 Å². The molecule has 21 heavy (non-hydrogen) atoms. The summed E-state index contributed by atoms with van der Waals surface area (Å²) in [6.45, 7) is 0.262. The first-order valence-electron chi connectivity index (χ1n) is 5.69. The highest BCUT2D eigenvalue weighted by atomic mass is 35.5. The summed E-state index contributed by atoms with van der Waals surface area (Å²) in [5.41, 5.74) is 1.11. The Hall–Kier alpha value is -1.20. The van der Waals surface area contributed by atoms with E-state index in [1.54, 1.807) is 6.07 Å². The Morgan fingerprint density at radius 1 is 0.952 bits per heavy atom. The summed E-state index contributed by atoms with van der Waals surface area (Å²) < 4.78 is 0. The molecule has 0 fully saturated rings. The van der Waals surface area contributed by atoms with Crippen LogP contribution in [0.15, 0.2) is 30.3 Å². The maximum absolute atomic E-state index is 10.8. The van der Waals surface area contributed by atoms with Gasteiger partial charge in [-0.25, -0.2) is 0 Å². The first-order valence-corrected chi connectivity index (χ1v) is 7.21. The molecule has 0 amide bonds. The standard InChI is InChI=1S/C13H8Cl4N2O2/c14-9-2-1-8(19(20)21)3-7(9)6-18-13-5-11(16)10(15)4-12(13)17/h1-5,18H,6H2. The van der Waals surface area contributed by atoms with Gasteiger partial charge in [0.1, 0.15) is 0 Å². The van der Waals surface area contributed by atoms with E-state index in [4.69, 9.17) is 46.4 Å². The van der Waals surface area contributed by atoms with Gasteiger partial charge in [0, 0.05) is 23.7 Å². The minimum absolute atomic E-state index is 0.0311. The van der Waals surface area contributed by atoms with Crippen molar-refractivity contribution < 1.29 is 4.92 Å². The first kappa shape index (κ1) is 16.2. The van der Waals surface area contributed by atoms with Crippen LogP contribution in [0.5, 0.6) is 0 Å². The third kappa shape index (κ3) is 3.92. The molecule has 4 nitrogen and oxygen atoms in total. The number of anilines is 1. The topological polar surface area (TPSA) is 55.2 Å². The molecule has 0 aliphatic carbocycles. The Balaban J connectivity index is 2.22. The third-order valence-corrected chi connectivity index (χ3v) is 4.12. The van der Waals surface area contributed by atoms with E-state index in [-0.39, 0.29) is 12.2 Å². The van der Waals surface area contributed by atoms with Gasteiger partial charge in [-0.1, -0.05) is 46.4 Å². The molecule has 0 aliphatic rings. The maximum atomic E-state index is 10.8. The smallest absolute Gasteiger partial charge is 0.269 e. The van der Waals surface area contributed by atoms with Crippen molar-refractivity contribution in [2.24, 2.45) is 0 Å². The van der Waals surface area contributed by atoms with Gasteiger partial charge >= 0.3 is 0 Å². The molecule has 0 atom stereocenters. The highest BCUT2D eigenvalue weighted by Crippen LogP contribution is 2.33. The molecule has 0 saturated heterocycles. The molecule has 2 aromatic carbocycles. The van der Waals surface area contributed by atoms with Crippen molar-refractivity contribution in [1.29, 1.82) is 0 Å². The second kappa shape index (κ2) is 6.71. The molecule has 0 heterocycles. The Labute approximate surface area is 140 Å². The molecule has 0 unspecified atom stereocenters. The van der Waals surface area contributed by atoms with E-state index < -0.39 is 4.92 Å². The fraction of sp³-hybridized carbons (Fsp3) is 0.0769. The number of nitro benzene ring substituents is 1. The average molecular weight is 366 g/mol. The van der Waals surface area contributed by atoms with Gasteiger partial charge in [-0.05, 0) is 23.8 Å². The van der Waals surface area contributed by atoms with Crippen LogP contribution in [0.2, 0.25) is 20.1 Å². The van der Waals surface area contributed by atoms with Gasteiger partial charge in [-0.2, -0.15) is 0 Å². The van der Waals surface area contributed by atoms with Crippen LogP contribution in [0.4, 0.5) is 11.4 Å². The number of benzene rings is 2. The second-order valence-electron chi connectivity index (χ2n) is 4.13. The van der Waals surface area contributed by atoms with Gasteiger partial charge < -0.3 is 5.32 Å². The summed E-state index contributed by atoms with van der Waals surface area (Å²) in [4.78, 5) is 10.3. The lowest BCUT2D eigenvalue weighted by molar-refractivity contribution is -0.384. The van der Waals surface area contributed by atoms with Crippen molar-refractivity contribution in [3.63, 3.8) is 0 Å². The van der Waals surface area contributed by atoms with Crippen LogP contribution in [0.25, 0.3) is 0 Å². The lowest BCUT2D eigenvalue weighted by atomic mass is 10.2. The highest BCUT2D eigenvalue weighted by molar-refractivity contribution is 6.44. The number of halogens is 4. The summed E-state index contributed by atoms with van der Waals surface area (Å²) >= 11 is 23.8. The average Bonchev–Trinajstić information content (AvgIpc) is 2.42. The zero-order valence-electron chi connectivity index (χ0n) is 10.4. The van der Waals surface area contributed by atoms with Crippen LogP contribution >= 0.6 is 46.4 Å². The minimum Gasteiger partial charge on any atom is -0.380 e. The number of nitrogens with zero attached hydrogens (tertiary/aromatic N) is 1. The van der Waals surface area contributed by atoms with Gasteiger partial charge in [0.05, 0.1) is 25.7 Å². The second-order valence-corrected chi connectivity index (χ2v) is 5.76. The van der Waals surface area contributed by atoms with Gasteiger partial charge in [-0.3, -0.25) is 10.1 Å². The van der Waals surface area contributed by atoms with Crippen LogP contribution in [-0.4, -0.2) is 4.92 Å². The molecule has 0 spiro atoms. The molecule has 8 heteroatoms. The van der Waals surface area contributed by atoms with Crippen molar-refractivity contribution in [1.82, 2.24) is 0 Å². The molecule has 0 saturated carbocycles. The van der Waals surface area contributed by atoms with Crippen molar-refractivity contribution in [2.45, 2.75) is 6.54 Å². The number of rotatable bonds is 4. The van der Waals surface area contributed by atoms with Gasteiger partial charge in [-0.15, -0.1) is 0 Å². The number of non-ortho nitro benzene ring substituents is 1. The van der Waals surface area contributed by atoms with Crippen molar-refractivity contribution >= 4 is 57.8 Å². The first-order chi connectivity index (χ1) is 9.88. The van der Waals surface area contributed by atoms with E-state index in [1.165, 1.54) is 24.3 Å². The molecule has 2 rings (SSSR count). The van der Waals surface area contributed by atoms with Crippen LogP contribution in [0.1, 0.15) is 5.56 Å². The summed E-state index contributed by atoms with van der Waals surface area (Å²) in [5.74, 6) is 0. The number of nitro groups is 1. The minimum atomic E-state index is -0.480. The lowest BCUT2D eigenvalue weighted by Gasteiger charge is -2.11. The molecule has 0 radical (unpaired) electrons. The van der Waals surface area contributed by atoms with E-state index in [9.17, 15) is 10.1 Å². The van der Waals surface area contributed by atoms with E-state index in [0.717, 1.165) is 0 Å². The fourth-order valence-electron chi connectivity index (χ4n) is 1.66. The molecule has 0 bridgehead atoms. The van der Waals surface area contributed by atoms with Crippen LogP contribution in [0, 0.1) is 10.1 Å². The monoisotopic (exact) mass is 364 g/mol. The van der Waals surface area contributed by atoms with Crippen LogP contribution in [0.3, 0.4) is 0 Å². The summed E-state index contributed by atoms with van der Waals surface area (Å²) in [6, 6.07) is 7.33. The van der Waals surface area contributed by atoms with Gasteiger partial charge in [0.25, 0.3) is 5.69 Å². The van der Waals surface area contributed by atoms with Gasteiger partial charge in [0.2, 0.25) is 0 Å². The molecular formula is C13H8Cl4N2O2. The van der Waals surface area contributed by atoms with Crippen molar-refractivity contribution in [3.05, 3.63) is 66.1 Å². The van der Waals surface area contributed by atoms with E-state index in [0.29, 0.717) is 31.3 Å². The van der Waals surface area contributed by atoms with E-state index >= 15 is 0 Å². The summed E-state index contributed by atoms with van der Waals surface area (Å²) in [7, 11) is 0. The zero-order valence-corrected chi connectivity index (χ0v) is 13.4. The Morgan fingerprint density at radius 2 is 1.62 bits per heavy atom. The maximum Gasteiger partial charge on any atom is 0.269 e. The normalized spacial score (nSPS) is 10.5. The molecular weight excluding hydrogens is 358 g/mol. The predicted octanol–water partition coefficient (Wildman–Crippen LogP) is 5.82. The van der Waals surface area contributed by atoms with E-state index in [1.807, 2.05) is 0 Å². The SMILES string of the molecule is O=[N+]([O-])c1ccc(Cl)c(CNc2cc(Cl)c(Cl)cc2Cl)c1. The number of nitrogens with one attached hydrogen (secondary N) is 1. The molecule has 2 aromatic rings. The molecule has 110 valence electrons.